The number of rotatable bonds is 5. The summed E-state index contributed by atoms with van der Waals surface area (Å²) in [5.41, 5.74) is 8.17. The Morgan fingerprint density at radius 1 is 1.28 bits per heavy atom. The van der Waals surface area contributed by atoms with Gasteiger partial charge < -0.3 is 15.8 Å². The van der Waals surface area contributed by atoms with Crippen molar-refractivity contribution in [2.75, 3.05) is 19.0 Å². The van der Waals surface area contributed by atoms with Crippen LogP contribution in [-0.4, -0.2) is 18.6 Å². The van der Waals surface area contributed by atoms with Gasteiger partial charge in [0.25, 0.3) is 0 Å². The zero-order valence-corrected chi connectivity index (χ0v) is 10.3. The molecule has 4 nitrogen and oxygen atoms in total. The first-order valence-corrected chi connectivity index (χ1v) is 5.84. The molecule has 1 aromatic carbocycles. The third-order valence-electron chi connectivity index (χ3n) is 2.70. The van der Waals surface area contributed by atoms with Gasteiger partial charge in [0.1, 0.15) is 0 Å². The minimum atomic E-state index is -0.0367. The number of hydrogen-bond acceptors (Lipinski definition) is 4. The Balaban J connectivity index is 1.95. The van der Waals surface area contributed by atoms with Crippen molar-refractivity contribution in [3.63, 3.8) is 0 Å². The number of pyridine rings is 1. The molecule has 1 unspecified atom stereocenters. The second-order valence-corrected chi connectivity index (χ2v) is 3.98. The zero-order chi connectivity index (χ0) is 12.8. The standard InChI is InChI=1S/C14H17N3O/c1-18-14-9-12(7-8-16-14)17-10-13(15)11-5-3-2-4-6-11/h2-9,13H,10,15H2,1H3,(H,16,17). The lowest BCUT2D eigenvalue weighted by molar-refractivity contribution is 0.398. The fraction of sp³-hybridized carbons (Fsp3) is 0.214. The van der Waals surface area contributed by atoms with E-state index in [9.17, 15) is 0 Å². The van der Waals surface area contributed by atoms with Crippen molar-refractivity contribution in [1.29, 1.82) is 0 Å². The maximum atomic E-state index is 6.10. The van der Waals surface area contributed by atoms with Gasteiger partial charge in [0.05, 0.1) is 7.11 Å². The van der Waals surface area contributed by atoms with Crippen LogP contribution in [0.2, 0.25) is 0 Å². The van der Waals surface area contributed by atoms with Crippen LogP contribution in [0.15, 0.2) is 48.7 Å². The average Bonchev–Trinajstić information content (AvgIpc) is 2.46. The fourth-order valence-corrected chi connectivity index (χ4v) is 1.68. The van der Waals surface area contributed by atoms with Crippen molar-refractivity contribution in [3.05, 3.63) is 54.2 Å². The highest BCUT2D eigenvalue weighted by atomic mass is 16.5. The minimum Gasteiger partial charge on any atom is -0.481 e. The number of hydrogen-bond donors (Lipinski definition) is 2. The van der Waals surface area contributed by atoms with E-state index in [2.05, 4.69) is 10.3 Å². The summed E-state index contributed by atoms with van der Waals surface area (Å²) >= 11 is 0. The number of nitrogens with one attached hydrogen (secondary N) is 1. The Kier molecular flexibility index (Phi) is 4.15. The van der Waals surface area contributed by atoms with Gasteiger partial charge in [-0.15, -0.1) is 0 Å². The van der Waals surface area contributed by atoms with E-state index < -0.39 is 0 Å². The molecule has 0 aliphatic carbocycles. The summed E-state index contributed by atoms with van der Waals surface area (Å²) in [5.74, 6) is 0.591. The number of nitrogens with two attached hydrogens (primary N) is 1. The molecule has 0 amide bonds. The molecule has 0 saturated heterocycles. The topological polar surface area (TPSA) is 60.2 Å². The Bertz CT molecular complexity index is 487. The number of anilines is 1. The molecular formula is C14H17N3O. The Labute approximate surface area is 107 Å². The van der Waals surface area contributed by atoms with Gasteiger partial charge in [-0.3, -0.25) is 0 Å². The molecule has 0 fully saturated rings. The second kappa shape index (κ2) is 6.02. The summed E-state index contributed by atoms with van der Waals surface area (Å²) in [5, 5.41) is 3.27. The molecule has 0 aliphatic rings. The van der Waals surface area contributed by atoms with E-state index in [-0.39, 0.29) is 6.04 Å². The maximum Gasteiger partial charge on any atom is 0.214 e. The molecule has 0 bridgehead atoms. The van der Waals surface area contributed by atoms with Crippen LogP contribution in [0.4, 0.5) is 5.69 Å². The molecule has 3 N–H and O–H groups in total. The van der Waals surface area contributed by atoms with Crippen molar-refractivity contribution >= 4 is 5.69 Å². The number of nitrogens with zero attached hydrogens (tertiary/aromatic N) is 1. The number of ether oxygens (including phenoxy) is 1. The van der Waals surface area contributed by atoms with Crippen LogP contribution in [0.5, 0.6) is 5.88 Å². The molecule has 2 aromatic rings. The third-order valence-corrected chi connectivity index (χ3v) is 2.70. The highest BCUT2D eigenvalue weighted by Gasteiger charge is 2.05. The van der Waals surface area contributed by atoms with Crippen LogP contribution in [0.3, 0.4) is 0 Å². The molecule has 2 rings (SSSR count). The van der Waals surface area contributed by atoms with E-state index in [1.165, 1.54) is 0 Å². The smallest absolute Gasteiger partial charge is 0.214 e. The quantitative estimate of drug-likeness (QED) is 0.845. The molecule has 1 heterocycles. The van der Waals surface area contributed by atoms with Crippen LogP contribution >= 0.6 is 0 Å². The van der Waals surface area contributed by atoms with Gasteiger partial charge in [-0.2, -0.15) is 0 Å². The van der Waals surface area contributed by atoms with Crippen molar-refractivity contribution in [2.45, 2.75) is 6.04 Å². The van der Waals surface area contributed by atoms with Crippen molar-refractivity contribution in [3.8, 4) is 5.88 Å². The van der Waals surface area contributed by atoms with Gasteiger partial charge >= 0.3 is 0 Å². The van der Waals surface area contributed by atoms with E-state index in [1.807, 2.05) is 42.5 Å². The first-order chi connectivity index (χ1) is 8.79. The van der Waals surface area contributed by atoms with E-state index >= 15 is 0 Å². The zero-order valence-electron chi connectivity index (χ0n) is 10.3. The summed E-state index contributed by atoms with van der Waals surface area (Å²) in [6.07, 6.45) is 1.70. The molecule has 1 atom stereocenters. The first kappa shape index (κ1) is 12.4. The molecule has 0 aliphatic heterocycles. The molecule has 94 valence electrons. The Morgan fingerprint density at radius 2 is 2.06 bits per heavy atom. The third kappa shape index (κ3) is 3.21. The highest BCUT2D eigenvalue weighted by Crippen LogP contribution is 2.15. The summed E-state index contributed by atoms with van der Waals surface area (Å²) in [6.45, 7) is 0.664. The van der Waals surface area contributed by atoms with E-state index in [0.717, 1.165) is 11.3 Å². The van der Waals surface area contributed by atoms with Crippen molar-refractivity contribution in [1.82, 2.24) is 4.98 Å². The predicted octanol–water partition coefficient (Wildman–Crippen LogP) is 2.20. The number of aromatic nitrogens is 1. The van der Waals surface area contributed by atoms with Crippen LogP contribution in [-0.2, 0) is 0 Å². The van der Waals surface area contributed by atoms with Crippen LogP contribution < -0.4 is 15.8 Å². The van der Waals surface area contributed by atoms with E-state index in [1.54, 1.807) is 13.3 Å². The van der Waals surface area contributed by atoms with E-state index in [0.29, 0.717) is 12.4 Å². The first-order valence-electron chi connectivity index (χ1n) is 5.84. The Morgan fingerprint density at radius 3 is 2.78 bits per heavy atom. The van der Waals surface area contributed by atoms with Gasteiger partial charge in [-0.25, -0.2) is 4.98 Å². The molecular weight excluding hydrogens is 226 g/mol. The number of benzene rings is 1. The monoisotopic (exact) mass is 243 g/mol. The van der Waals surface area contributed by atoms with Gasteiger partial charge in [0.15, 0.2) is 0 Å². The van der Waals surface area contributed by atoms with Crippen molar-refractivity contribution < 1.29 is 4.74 Å². The van der Waals surface area contributed by atoms with Gasteiger partial charge in [-0.05, 0) is 11.6 Å². The molecule has 0 spiro atoms. The summed E-state index contributed by atoms with van der Waals surface area (Å²) in [4.78, 5) is 4.05. The fourth-order valence-electron chi connectivity index (χ4n) is 1.68. The van der Waals surface area contributed by atoms with Gasteiger partial charge in [0.2, 0.25) is 5.88 Å². The maximum absolute atomic E-state index is 6.10. The minimum absolute atomic E-state index is 0.0367. The van der Waals surface area contributed by atoms with Gasteiger partial charge in [-0.1, -0.05) is 30.3 Å². The lowest BCUT2D eigenvalue weighted by atomic mass is 10.1. The molecule has 0 saturated carbocycles. The summed E-state index contributed by atoms with van der Waals surface area (Å²) in [6, 6.07) is 13.7. The summed E-state index contributed by atoms with van der Waals surface area (Å²) in [7, 11) is 1.60. The normalized spacial score (nSPS) is 11.9. The predicted molar refractivity (Wildman–Crippen MR) is 72.6 cm³/mol. The molecule has 4 heteroatoms. The highest BCUT2D eigenvalue weighted by molar-refractivity contribution is 5.45. The SMILES string of the molecule is COc1cc(NCC(N)c2ccccc2)ccn1. The number of methoxy groups -OCH3 is 1. The lowest BCUT2D eigenvalue weighted by Gasteiger charge is -2.14. The molecule has 1 aromatic heterocycles. The Hall–Kier alpha value is -2.07. The average molecular weight is 243 g/mol. The lowest BCUT2D eigenvalue weighted by Crippen LogP contribution is -2.20. The summed E-state index contributed by atoms with van der Waals surface area (Å²) < 4.78 is 5.06. The largest absolute Gasteiger partial charge is 0.481 e. The van der Waals surface area contributed by atoms with Crippen LogP contribution in [0.1, 0.15) is 11.6 Å². The van der Waals surface area contributed by atoms with Crippen LogP contribution in [0, 0.1) is 0 Å². The van der Waals surface area contributed by atoms with Crippen LogP contribution in [0.25, 0.3) is 0 Å². The second-order valence-electron chi connectivity index (χ2n) is 3.98. The molecule has 18 heavy (non-hydrogen) atoms. The molecule has 0 radical (unpaired) electrons. The van der Waals surface area contributed by atoms with Crippen molar-refractivity contribution in [2.24, 2.45) is 5.73 Å². The van der Waals surface area contributed by atoms with E-state index in [4.69, 9.17) is 10.5 Å². The van der Waals surface area contributed by atoms with Gasteiger partial charge in [0, 0.05) is 30.5 Å².